The summed E-state index contributed by atoms with van der Waals surface area (Å²) >= 11 is 1.57. The molecule has 1 fully saturated rings. The van der Waals surface area contributed by atoms with Gasteiger partial charge in [-0.25, -0.2) is 9.78 Å². The van der Waals surface area contributed by atoms with Gasteiger partial charge in [-0.3, -0.25) is 4.79 Å². The minimum absolute atomic E-state index is 0.0786. The third-order valence-corrected chi connectivity index (χ3v) is 3.62. The molecule has 0 bridgehead atoms. The van der Waals surface area contributed by atoms with Gasteiger partial charge in [0.15, 0.2) is 0 Å². The first kappa shape index (κ1) is 12.8. The van der Waals surface area contributed by atoms with Crippen molar-refractivity contribution in [1.82, 2.24) is 20.1 Å². The summed E-state index contributed by atoms with van der Waals surface area (Å²) in [5.74, 6) is -0.116. The molecule has 0 aromatic carbocycles. The SMILES string of the molecule is CN1CCN(CC(=O)NCCc2nccs2)C1=O. The lowest BCUT2D eigenvalue weighted by Crippen LogP contribution is -2.39. The topological polar surface area (TPSA) is 65.5 Å². The third-order valence-electron chi connectivity index (χ3n) is 2.78. The van der Waals surface area contributed by atoms with Crippen molar-refractivity contribution in [2.24, 2.45) is 0 Å². The van der Waals surface area contributed by atoms with Crippen LogP contribution in [0.4, 0.5) is 4.79 Å². The zero-order valence-corrected chi connectivity index (χ0v) is 11.1. The summed E-state index contributed by atoms with van der Waals surface area (Å²) in [6.45, 7) is 2.01. The molecular weight excluding hydrogens is 252 g/mol. The number of hydrogen-bond donors (Lipinski definition) is 1. The van der Waals surface area contributed by atoms with Crippen molar-refractivity contribution in [3.63, 3.8) is 0 Å². The fourth-order valence-electron chi connectivity index (χ4n) is 1.76. The van der Waals surface area contributed by atoms with E-state index in [9.17, 15) is 9.59 Å². The molecule has 0 atom stereocenters. The molecule has 2 rings (SSSR count). The molecule has 0 radical (unpaired) electrons. The first-order chi connectivity index (χ1) is 8.66. The number of nitrogens with zero attached hydrogens (tertiary/aromatic N) is 3. The van der Waals surface area contributed by atoms with Gasteiger partial charge in [0.2, 0.25) is 5.91 Å². The maximum absolute atomic E-state index is 11.6. The lowest BCUT2D eigenvalue weighted by molar-refractivity contribution is -0.121. The third kappa shape index (κ3) is 3.19. The van der Waals surface area contributed by atoms with Gasteiger partial charge in [-0.2, -0.15) is 0 Å². The number of urea groups is 1. The van der Waals surface area contributed by atoms with Crippen molar-refractivity contribution in [1.29, 1.82) is 0 Å². The van der Waals surface area contributed by atoms with Crippen LogP contribution in [-0.2, 0) is 11.2 Å². The zero-order chi connectivity index (χ0) is 13.0. The summed E-state index contributed by atoms with van der Waals surface area (Å²) in [5, 5.41) is 5.72. The van der Waals surface area contributed by atoms with Crippen molar-refractivity contribution in [3.8, 4) is 0 Å². The summed E-state index contributed by atoms with van der Waals surface area (Å²) in [4.78, 5) is 30.5. The first-order valence-electron chi connectivity index (χ1n) is 5.82. The Hall–Kier alpha value is -1.63. The van der Waals surface area contributed by atoms with E-state index < -0.39 is 0 Å². The quantitative estimate of drug-likeness (QED) is 0.828. The molecule has 1 aromatic heterocycles. The normalized spacial score (nSPS) is 15.3. The van der Waals surface area contributed by atoms with Crippen LogP contribution >= 0.6 is 11.3 Å². The number of carbonyl (C=O) groups is 2. The van der Waals surface area contributed by atoms with Gasteiger partial charge in [-0.15, -0.1) is 11.3 Å². The average molecular weight is 268 g/mol. The summed E-state index contributed by atoms with van der Waals surface area (Å²) in [5.41, 5.74) is 0. The number of amides is 3. The van der Waals surface area contributed by atoms with E-state index in [1.54, 1.807) is 34.4 Å². The molecule has 1 saturated heterocycles. The average Bonchev–Trinajstić information content (AvgIpc) is 2.95. The van der Waals surface area contributed by atoms with Crippen molar-refractivity contribution in [2.75, 3.05) is 33.2 Å². The van der Waals surface area contributed by atoms with Crippen molar-refractivity contribution < 1.29 is 9.59 Å². The van der Waals surface area contributed by atoms with Gasteiger partial charge in [0, 0.05) is 44.7 Å². The number of thiazole rings is 1. The molecule has 2 heterocycles. The van der Waals surface area contributed by atoms with Crippen molar-refractivity contribution in [3.05, 3.63) is 16.6 Å². The van der Waals surface area contributed by atoms with E-state index in [1.165, 1.54) is 0 Å². The molecule has 3 amide bonds. The second kappa shape index (κ2) is 5.81. The highest BCUT2D eigenvalue weighted by molar-refractivity contribution is 7.09. The van der Waals surface area contributed by atoms with E-state index in [4.69, 9.17) is 0 Å². The van der Waals surface area contributed by atoms with Gasteiger partial charge < -0.3 is 15.1 Å². The maximum Gasteiger partial charge on any atom is 0.320 e. The summed E-state index contributed by atoms with van der Waals surface area (Å²) in [6, 6.07) is -0.0786. The van der Waals surface area contributed by atoms with E-state index in [0.29, 0.717) is 19.6 Å². The predicted octanol–water partition coefficient (Wildman–Crippen LogP) is 0.169. The van der Waals surface area contributed by atoms with E-state index in [2.05, 4.69) is 10.3 Å². The predicted molar refractivity (Wildman–Crippen MR) is 68.4 cm³/mol. The fraction of sp³-hybridized carbons (Fsp3) is 0.545. The molecule has 1 aromatic rings. The molecular formula is C11H16N4O2S. The minimum Gasteiger partial charge on any atom is -0.354 e. The van der Waals surface area contributed by atoms with Crippen LogP contribution in [0.1, 0.15) is 5.01 Å². The van der Waals surface area contributed by atoms with Crippen molar-refractivity contribution >= 4 is 23.3 Å². The minimum atomic E-state index is -0.116. The fourth-order valence-corrected chi connectivity index (χ4v) is 2.39. The van der Waals surface area contributed by atoms with Crippen LogP contribution in [0.15, 0.2) is 11.6 Å². The molecule has 0 unspecified atom stereocenters. The van der Waals surface area contributed by atoms with E-state index in [0.717, 1.165) is 11.4 Å². The monoisotopic (exact) mass is 268 g/mol. The number of rotatable bonds is 5. The Balaban J connectivity index is 1.68. The number of carbonyl (C=O) groups excluding carboxylic acids is 2. The summed E-state index contributed by atoms with van der Waals surface area (Å²) < 4.78 is 0. The van der Waals surface area contributed by atoms with Crippen molar-refractivity contribution in [2.45, 2.75) is 6.42 Å². The highest BCUT2D eigenvalue weighted by Crippen LogP contribution is 2.05. The molecule has 6 nitrogen and oxygen atoms in total. The number of hydrogen-bond acceptors (Lipinski definition) is 4. The van der Waals surface area contributed by atoms with Crippen LogP contribution in [0.5, 0.6) is 0 Å². The van der Waals surface area contributed by atoms with Crippen LogP contribution in [0.2, 0.25) is 0 Å². The zero-order valence-electron chi connectivity index (χ0n) is 10.3. The molecule has 1 aliphatic rings. The van der Waals surface area contributed by atoms with Crippen LogP contribution < -0.4 is 5.32 Å². The Kier molecular flexibility index (Phi) is 4.14. The Labute approximate surface area is 110 Å². The first-order valence-corrected chi connectivity index (χ1v) is 6.70. The lowest BCUT2D eigenvalue weighted by Gasteiger charge is -2.15. The van der Waals surface area contributed by atoms with Crippen LogP contribution in [0, 0.1) is 0 Å². The number of nitrogens with one attached hydrogen (secondary N) is 1. The molecule has 1 N–H and O–H groups in total. The standard InChI is InChI=1S/C11H16N4O2S/c1-14-5-6-15(11(14)17)8-9(16)12-3-2-10-13-4-7-18-10/h4,7H,2-3,5-6,8H2,1H3,(H,12,16). The summed E-state index contributed by atoms with van der Waals surface area (Å²) in [7, 11) is 1.74. The molecule has 7 heteroatoms. The molecule has 1 aliphatic heterocycles. The second-order valence-corrected chi connectivity index (χ2v) is 5.13. The molecule has 18 heavy (non-hydrogen) atoms. The highest BCUT2D eigenvalue weighted by atomic mass is 32.1. The van der Waals surface area contributed by atoms with Gasteiger partial charge in [-0.1, -0.05) is 0 Å². The van der Waals surface area contributed by atoms with E-state index in [1.807, 2.05) is 5.38 Å². The Morgan fingerprint density at radius 2 is 2.39 bits per heavy atom. The Bertz CT molecular complexity index is 421. The number of aromatic nitrogens is 1. The Morgan fingerprint density at radius 3 is 3.00 bits per heavy atom. The molecule has 0 aliphatic carbocycles. The number of likely N-dealkylation sites (N-methyl/N-ethyl adjacent to an activating group) is 1. The van der Waals surface area contributed by atoms with E-state index >= 15 is 0 Å². The van der Waals surface area contributed by atoms with Crippen LogP contribution in [0.3, 0.4) is 0 Å². The largest absolute Gasteiger partial charge is 0.354 e. The highest BCUT2D eigenvalue weighted by Gasteiger charge is 2.26. The van der Waals surface area contributed by atoms with Gasteiger partial charge >= 0.3 is 6.03 Å². The van der Waals surface area contributed by atoms with Gasteiger partial charge in [0.05, 0.1) is 5.01 Å². The van der Waals surface area contributed by atoms with Crippen LogP contribution in [-0.4, -0.2) is 59.9 Å². The van der Waals surface area contributed by atoms with Crippen LogP contribution in [0.25, 0.3) is 0 Å². The molecule has 0 saturated carbocycles. The van der Waals surface area contributed by atoms with Gasteiger partial charge in [0.1, 0.15) is 6.54 Å². The lowest BCUT2D eigenvalue weighted by atomic mass is 10.4. The second-order valence-electron chi connectivity index (χ2n) is 4.15. The molecule has 0 spiro atoms. The molecule has 98 valence electrons. The van der Waals surface area contributed by atoms with Gasteiger partial charge in [0.25, 0.3) is 0 Å². The Morgan fingerprint density at radius 1 is 1.56 bits per heavy atom. The summed E-state index contributed by atoms with van der Waals surface area (Å²) in [6.07, 6.45) is 2.48. The van der Waals surface area contributed by atoms with E-state index in [-0.39, 0.29) is 18.5 Å². The smallest absolute Gasteiger partial charge is 0.320 e. The van der Waals surface area contributed by atoms with Gasteiger partial charge in [-0.05, 0) is 0 Å². The maximum atomic E-state index is 11.6.